The molecular formula is C15H17ClN4. The number of hydrogen-bond donors (Lipinski definition) is 1. The summed E-state index contributed by atoms with van der Waals surface area (Å²) in [7, 11) is 0. The van der Waals surface area contributed by atoms with Crippen molar-refractivity contribution < 1.29 is 0 Å². The molecule has 20 heavy (non-hydrogen) atoms. The van der Waals surface area contributed by atoms with E-state index in [-0.39, 0.29) is 12.4 Å². The first-order valence-corrected chi connectivity index (χ1v) is 6.38. The molecule has 2 aromatic rings. The molecule has 104 valence electrons. The Kier molecular flexibility index (Phi) is 4.33. The molecule has 4 nitrogen and oxygen atoms in total. The van der Waals surface area contributed by atoms with E-state index in [4.69, 9.17) is 12.2 Å². The van der Waals surface area contributed by atoms with Gasteiger partial charge in [-0.1, -0.05) is 5.92 Å². The molecule has 0 saturated carbocycles. The van der Waals surface area contributed by atoms with E-state index in [1.807, 2.05) is 41.2 Å². The number of aromatic nitrogens is 2. The summed E-state index contributed by atoms with van der Waals surface area (Å²) in [5.41, 5.74) is 7.84. The number of halogens is 1. The molecule has 0 amide bonds. The van der Waals surface area contributed by atoms with E-state index >= 15 is 0 Å². The number of terminal acetylenes is 1. The van der Waals surface area contributed by atoms with Crippen LogP contribution in [0.15, 0.2) is 36.5 Å². The van der Waals surface area contributed by atoms with Gasteiger partial charge < -0.3 is 10.6 Å². The Balaban J connectivity index is 0.00000147. The van der Waals surface area contributed by atoms with E-state index < -0.39 is 0 Å². The summed E-state index contributed by atoms with van der Waals surface area (Å²) in [6, 6.07) is 10.0. The van der Waals surface area contributed by atoms with Crippen LogP contribution in [0, 0.1) is 18.3 Å². The van der Waals surface area contributed by atoms with Crippen LogP contribution >= 0.6 is 12.4 Å². The minimum atomic E-state index is 0. The molecule has 0 radical (unpaired) electrons. The van der Waals surface area contributed by atoms with Crippen molar-refractivity contribution in [2.75, 3.05) is 18.0 Å². The largest absolute Gasteiger partial charge is 0.330 e. The molecule has 2 heterocycles. The quantitative estimate of drug-likeness (QED) is 0.860. The van der Waals surface area contributed by atoms with Gasteiger partial charge in [0.25, 0.3) is 0 Å². The number of nitrogens with two attached hydrogens (primary N) is 1. The number of anilines is 2. The van der Waals surface area contributed by atoms with Gasteiger partial charge in [-0.05, 0) is 30.8 Å². The molecule has 2 N–H and O–H groups in total. The van der Waals surface area contributed by atoms with Gasteiger partial charge in [0.05, 0.1) is 6.20 Å². The van der Waals surface area contributed by atoms with Crippen molar-refractivity contribution in [3.8, 4) is 12.3 Å². The van der Waals surface area contributed by atoms with Gasteiger partial charge in [-0.25, -0.2) is 4.68 Å². The maximum atomic E-state index is 5.82. The first-order chi connectivity index (χ1) is 9.31. The molecule has 0 aliphatic carbocycles. The predicted octanol–water partition coefficient (Wildman–Crippen LogP) is 2.01. The molecule has 1 aliphatic heterocycles. The third kappa shape index (κ3) is 2.51. The minimum Gasteiger partial charge on any atom is -0.330 e. The molecule has 3 rings (SSSR count). The van der Waals surface area contributed by atoms with Crippen LogP contribution < -0.4 is 10.6 Å². The van der Waals surface area contributed by atoms with Gasteiger partial charge in [-0.3, -0.25) is 0 Å². The fourth-order valence-corrected chi connectivity index (χ4v) is 2.47. The lowest BCUT2D eigenvalue weighted by atomic mass is 10.1. The molecule has 0 bridgehead atoms. The minimum absolute atomic E-state index is 0. The van der Waals surface area contributed by atoms with Crippen LogP contribution in [0.5, 0.6) is 0 Å². The fourth-order valence-electron chi connectivity index (χ4n) is 2.47. The lowest BCUT2D eigenvalue weighted by molar-refractivity contribution is 0.402. The SMILES string of the molecule is C#Cc1ccc(N2CC(CN)Cn3nccc32)cc1.Cl. The number of hydrogen-bond acceptors (Lipinski definition) is 3. The van der Waals surface area contributed by atoms with Gasteiger partial charge in [-0.15, -0.1) is 18.8 Å². The molecule has 1 aromatic heterocycles. The van der Waals surface area contributed by atoms with E-state index in [0.717, 1.165) is 30.2 Å². The van der Waals surface area contributed by atoms with Gasteiger partial charge in [0.15, 0.2) is 0 Å². The van der Waals surface area contributed by atoms with Crippen molar-refractivity contribution in [3.63, 3.8) is 0 Å². The van der Waals surface area contributed by atoms with E-state index in [2.05, 4.69) is 15.9 Å². The monoisotopic (exact) mass is 288 g/mol. The Morgan fingerprint density at radius 2 is 2.00 bits per heavy atom. The highest BCUT2D eigenvalue weighted by Crippen LogP contribution is 2.30. The Bertz CT molecular complexity index is 612. The zero-order valence-corrected chi connectivity index (χ0v) is 11.9. The van der Waals surface area contributed by atoms with Gasteiger partial charge in [0.1, 0.15) is 5.82 Å². The highest BCUT2D eigenvalue weighted by atomic mass is 35.5. The second kappa shape index (κ2) is 6.00. The molecule has 0 saturated heterocycles. The highest BCUT2D eigenvalue weighted by Gasteiger charge is 2.24. The van der Waals surface area contributed by atoms with Crippen LogP contribution in [0.25, 0.3) is 0 Å². The highest BCUT2D eigenvalue weighted by molar-refractivity contribution is 5.85. The predicted molar refractivity (Wildman–Crippen MR) is 83.4 cm³/mol. The van der Waals surface area contributed by atoms with E-state index in [0.29, 0.717) is 12.5 Å². The van der Waals surface area contributed by atoms with Crippen LogP contribution in [0.4, 0.5) is 11.5 Å². The second-order valence-electron chi connectivity index (χ2n) is 4.78. The summed E-state index contributed by atoms with van der Waals surface area (Å²) in [6.07, 6.45) is 7.22. The van der Waals surface area contributed by atoms with Crippen molar-refractivity contribution in [2.24, 2.45) is 11.7 Å². The van der Waals surface area contributed by atoms with Gasteiger partial charge in [0.2, 0.25) is 0 Å². The number of benzene rings is 1. The summed E-state index contributed by atoms with van der Waals surface area (Å²) in [5, 5.41) is 4.35. The van der Waals surface area contributed by atoms with Gasteiger partial charge in [-0.2, -0.15) is 5.10 Å². The maximum absolute atomic E-state index is 5.82. The second-order valence-corrected chi connectivity index (χ2v) is 4.78. The summed E-state index contributed by atoms with van der Waals surface area (Å²) in [4.78, 5) is 2.24. The van der Waals surface area contributed by atoms with Crippen molar-refractivity contribution in [1.29, 1.82) is 0 Å². The van der Waals surface area contributed by atoms with Crippen LogP contribution in [-0.4, -0.2) is 22.9 Å². The lowest BCUT2D eigenvalue weighted by Gasteiger charge is -2.34. The first-order valence-electron chi connectivity index (χ1n) is 6.38. The number of rotatable bonds is 2. The fraction of sp³-hybridized carbons (Fsp3) is 0.267. The Hall–Kier alpha value is -1.96. The van der Waals surface area contributed by atoms with Gasteiger partial charge in [0, 0.05) is 36.3 Å². The molecule has 0 spiro atoms. The molecule has 1 unspecified atom stereocenters. The smallest absolute Gasteiger partial charge is 0.131 e. The van der Waals surface area contributed by atoms with Crippen molar-refractivity contribution in [2.45, 2.75) is 6.54 Å². The standard InChI is InChI=1S/C15H16N4.ClH/c1-2-12-3-5-14(6-4-12)18-10-13(9-16)11-19-15(18)7-8-17-19;/h1,3-8,13H,9-11,16H2;1H. The summed E-state index contributed by atoms with van der Waals surface area (Å²) in [6.45, 7) is 2.47. The van der Waals surface area contributed by atoms with E-state index in [1.54, 1.807) is 0 Å². The zero-order valence-electron chi connectivity index (χ0n) is 11.1. The average molecular weight is 289 g/mol. The van der Waals surface area contributed by atoms with E-state index in [9.17, 15) is 0 Å². The molecule has 1 atom stereocenters. The van der Waals surface area contributed by atoms with Crippen molar-refractivity contribution >= 4 is 23.9 Å². The average Bonchev–Trinajstić information content (AvgIpc) is 2.94. The molecule has 1 aromatic carbocycles. The van der Waals surface area contributed by atoms with Crippen molar-refractivity contribution in [1.82, 2.24) is 9.78 Å². The zero-order chi connectivity index (χ0) is 13.2. The maximum Gasteiger partial charge on any atom is 0.131 e. The molecule has 5 heteroatoms. The third-order valence-electron chi connectivity index (χ3n) is 3.52. The number of nitrogens with zero attached hydrogens (tertiary/aromatic N) is 3. The Morgan fingerprint density at radius 3 is 2.65 bits per heavy atom. The Labute approximate surface area is 125 Å². The lowest BCUT2D eigenvalue weighted by Crippen LogP contribution is -2.38. The Morgan fingerprint density at radius 1 is 1.25 bits per heavy atom. The topological polar surface area (TPSA) is 47.1 Å². The molecule has 1 aliphatic rings. The summed E-state index contributed by atoms with van der Waals surface area (Å²) >= 11 is 0. The van der Waals surface area contributed by atoms with Crippen LogP contribution in [0.3, 0.4) is 0 Å². The summed E-state index contributed by atoms with van der Waals surface area (Å²) in [5.74, 6) is 4.16. The normalized spacial score (nSPS) is 17.0. The first kappa shape index (κ1) is 14.4. The van der Waals surface area contributed by atoms with Crippen LogP contribution in [0.2, 0.25) is 0 Å². The van der Waals surface area contributed by atoms with Crippen LogP contribution in [-0.2, 0) is 6.54 Å². The van der Waals surface area contributed by atoms with Gasteiger partial charge >= 0.3 is 0 Å². The van der Waals surface area contributed by atoms with E-state index in [1.165, 1.54) is 0 Å². The van der Waals surface area contributed by atoms with Crippen molar-refractivity contribution in [3.05, 3.63) is 42.1 Å². The third-order valence-corrected chi connectivity index (χ3v) is 3.52. The summed E-state index contributed by atoms with van der Waals surface area (Å²) < 4.78 is 2.01. The number of fused-ring (bicyclic) bond motifs is 1. The molecular weight excluding hydrogens is 272 g/mol. The van der Waals surface area contributed by atoms with Crippen LogP contribution in [0.1, 0.15) is 5.56 Å². The molecule has 0 fully saturated rings.